The van der Waals surface area contributed by atoms with Gasteiger partial charge in [0.15, 0.2) is 0 Å². The molecule has 2 N–H and O–H groups in total. The molecule has 0 aromatic rings. The third-order valence-electron chi connectivity index (χ3n) is 3.08. The van der Waals surface area contributed by atoms with Gasteiger partial charge in [-0.1, -0.05) is 20.3 Å². The van der Waals surface area contributed by atoms with E-state index in [9.17, 15) is 9.59 Å². The number of carboxylic acid groups (broad SMARTS) is 1. The maximum absolute atomic E-state index is 11.7. The van der Waals surface area contributed by atoms with Gasteiger partial charge in [-0.25, -0.2) is 4.79 Å². The summed E-state index contributed by atoms with van der Waals surface area (Å²) in [6, 6.07) is -0.793. The third-order valence-corrected chi connectivity index (χ3v) is 3.08. The molecule has 1 rings (SSSR count). The number of ether oxygens (including phenoxy) is 1. The molecule has 1 aliphatic heterocycles. The lowest BCUT2D eigenvalue weighted by molar-refractivity contribution is -0.144. The van der Waals surface area contributed by atoms with Crippen LogP contribution in [-0.4, -0.2) is 36.2 Å². The molecule has 1 amide bonds. The molecule has 3 atom stereocenters. The topological polar surface area (TPSA) is 75.6 Å². The van der Waals surface area contributed by atoms with Crippen LogP contribution in [0.15, 0.2) is 0 Å². The van der Waals surface area contributed by atoms with E-state index >= 15 is 0 Å². The maximum atomic E-state index is 11.7. The van der Waals surface area contributed by atoms with Gasteiger partial charge in [0.2, 0.25) is 5.91 Å². The molecule has 0 aliphatic carbocycles. The van der Waals surface area contributed by atoms with E-state index < -0.39 is 12.0 Å². The van der Waals surface area contributed by atoms with Crippen molar-refractivity contribution in [3.63, 3.8) is 0 Å². The van der Waals surface area contributed by atoms with Crippen molar-refractivity contribution in [2.45, 2.75) is 32.7 Å². The normalized spacial score (nSPS) is 23.8. The lowest BCUT2D eigenvalue weighted by Crippen LogP contribution is -2.47. The van der Waals surface area contributed by atoms with Crippen molar-refractivity contribution >= 4 is 11.9 Å². The van der Waals surface area contributed by atoms with Crippen LogP contribution in [0, 0.1) is 11.8 Å². The minimum atomic E-state index is -0.971. The molecule has 0 radical (unpaired) electrons. The monoisotopic (exact) mass is 229 g/mol. The van der Waals surface area contributed by atoms with Crippen molar-refractivity contribution in [1.82, 2.24) is 5.32 Å². The van der Waals surface area contributed by atoms with E-state index in [1.54, 1.807) is 0 Å². The molecule has 0 spiro atoms. The van der Waals surface area contributed by atoms with Gasteiger partial charge < -0.3 is 15.2 Å². The van der Waals surface area contributed by atoms with Gasteiger partial charge in [-0.15, -0.1) is 0 Å². The molecule has 0 bridgehead atoms. The first kappa shape index (κ1) is 13.0. The van der Waals surface area contributed by atoms with Crippen LogP contribution in [0.25, 0.3) is 0 Å². The SMILES string of the molecule is CC[C@H](C)[C@H](NC(=O)C1CCOC1)C(=O)O. The molecule has 16 heavy (non-hydrogen) atoms. The molecule has 5 nitrogen and oxygen atoms in total. The first-order valence-electron chi connectivity index (χ1n) is 5.67. The predicted molar refractivity (Wildman–Crippen MR) is 57.9 cm³/mol. The van der Waals surface area contributed by atoms with Gasteiger partial charge in [0.05, 0.1) is 12.5 Å². The van der Waals surface area contributed by atoms with Crippen LogP contribution in [0.3, 0.4) is 0 Å². The van der Waals surface area contributed by atoms with Crippen LogP contribution in [0.2, 0.25) is 0 Å². The zero-order valence-electron chi connectivity index (χ0n) is 9.73. The van der Waals surface area contributed by atoms with Crippen molar-refractivity contribution in [2.24, 2.45) is 11.8 Å². The molecule has 5 heteroatoms. The molecule has 1 fully saturated rings. The first-order valence-corrected chi connectivity index (χ1v) is 5.67. The average Bonchev–Trinajstić information content (AvgIpc) is 2.77. The summed E-state index contributed by atoms with van der Waals surface area (Å²) in [6.45, 7) is 4.72. The minimum absolute atomic E-state index is 0.0660. The van der Waals surface area contributed by atoms with Gasteiger partial charge in [0.1, 0.15) is 6.04 Å². The molecular formula is C11H19NO4. The highest BCUT2D eigenvalue weighted by Gasteiger charge is 2.30. The molecule has 1 unspecified atom stereocenters. The summed E-state index contributed by atoms with van der Waals surface area (Å²) < 4.78 is 5.10. The van der Waals surface area contributed by atoms with Crippen LogP contribution in [0.1, 0.15) is 26.7 Å². The molecule has 1 saturated heterocycles. The summed E-state index contributed by atoms with van der Waals surface area (Å²) in [6.07, 6.45) is 1.40. The van der Waals surface area contributed by atoms with Gasteiger partial charge in [-0.3, -0.25) is 4.79 Å². The van der Waals surface area contributed by atoms with Gasteiger partial charge in [-0.05, 0) is 12.3 Å². The fourth-order valence-electron chi connectivity index (χ4n) is 1.70. The predicted octanol–water partition coefficient (Wildman–Crippen LogP) is 0.638. The maximum Gasteiger partial charge on any atom is 0.326 e. The minimum Gasteiger partial charge on any atom is -0.480 e. The molecule has 0 saturated carbocycles. The Morgan fingerprint density at radius 3 is 2.69 bits per heavy atom. The number of hydrogen-bond acceptors (Lipinski definition) is 3. The van der Waals surface area contributed by atoms with Crippen LogP contribution < -0.4 is 5.32 Å². The molecule has 1 heterocycles. The zero-order chi connectivity index (χ0) is 12.1. The second-order valence-electron chi connectivity index (χ2n) is 4.27. The number of carboxylic acids is 1. The zero-order valence-corrected chi connectivity index (χ0v) is 9.73. The molecule has 92 valence electrons. The van der Waals surface area contributed by atoms with Crippen LogP contribution in [-0.2, 0) is 14.3 Å². The van der Waals surface area contributed by atoms with Crippen molar-refractivity contribution in [3.8, 4) is 0 Å². The number of aliphatic carboxylic acids is 1. The Hall–Kier alpha value is -1.10. The van der Waals surface area contributed by atoms with E-state index in [-0.39, 0.29) is 17.7 Å². The van der Waals surface area contributed by atoms with E-state index in [0.717, 1.165) is 6.42 Å². The second kappa shape index (κ2) is 5.84. The van der Waals surface area contributed by atoms with Crippen molar-refractivity contribution in [3.05, 3.63) is 0 Å². The largest absolute Gasteiger partial charge is 0.480 e. The standard InChI is InChI=1S/C11H19NO4/c1-3-7(2)9(11(14)15)12-10(13)8-4-5-16-6-8/h7-9H,3-6H2,1-2H3,(H,12,13)(H,14,15)/t7-,8?,9-/m0/s1. The van der Waals surface area contributed by atoms with Crippen LogP contribution in [0.4, 0.5) is 0 Å². The fourth-order valence-corrected chi connectivity index (χ4v) is 1.70. The Kier molecular flexibility index (Phi) is 4.73. The quantitative estimate of drug-likeness (QED) is 0.725. The Bertz CT molecular complexity index is 261. The number of rotatable bonds is 5. The number of carbonyl (C=O) groups excluding carboxylic acids is 1. The molecule has 0 aromatic heterocycles. The lowest BCUT2D eigenvalue weighted by atomic mass is 9.98. The number of amides is 1. The Labute approximate surface area is 95.2 Å². The third kappa shape index (κ3) is 3.20. The Morgan fingerprint density at radius 1 is 1.56 bits per heavy atom. The van der Waals surface area contributed by atoms with Gasteiger partial charge in [-0.2, -0.15) is 0 Å². The lowest BCUT2D eigenvalue weighted by Gasteiger charge is -2.21. The Balaban J connectivity index is 2.53. The molecular weight excluding hydrogens is 210 g/mol. The molecule has 1 aliphatic rings. The molecule has 0 aromatic carbocycles. The summed E-state index contributed by atoms with van der Waals surface area (Å²) >= 11 is 0. The van der Waals surface area contributed by atoms with Crippen LogP contribution in [0.5, 0.6) is 0 Å². The Morgan fingerprint density at radius 2 is 2.25 bits per heavy atom. The summed E-state index contributed by atoms with van der Waals surface area (Å²) in [5.41, 5.74) is 0. The van der Waals surface area contributed by atoms with E-state index in [4.69, 9.17) is 9.84 Å². The number of nitrogens with one attached hydrogen (secondary N) is 1. The summed E-state index contributed by atoms with van der Waals surface area (Å²) in [5, 5.41) is 11.6. The summed E-state index contributed by atoms with van der Waals surface area (Å²) in [7, 11) is 0. The highest BCUT2D eigenvalue weighted by atomic mass is 16.5. The number of hydrogen-bond donors (Lipinski definition) is 2. The van der Waals surface area contributed by atoms with Crippen molar-refractivity contribution in [1.29, 1.82) is 0 Å². The van der Waals surface area contributed by atoms with Gasteiger partial charge in [0.25, 0.3) is 0 Å². The van der Waals surface area contributed by atoms with E-state index in [0.29, 0.717) is 19.6 Å². The van der Waals surface area contributed by atoms with Gasteiger partial charge >= 0.3 is 5.97 Å². The first-order chi connectivity index (χ1) is 7.56. The number of carbonyl (C=O) groups is 2. The van der Waals surface area contributed by atoms with E-state index in [2.05, 4.69) is 5.32 Å². The van der Waals surface area contributed by atoms with Crippen LogP contribution >= 0.6 is 0 Å². The summed E-state index contributed by atoms with van der Waals surface area (Å²) in [5.74, 6) is -1.43. The average molecular weight is 229 g/mol. The van der Waals surface area contributed by atoms with Crippen molar-refractivity contribution < 1.29 is 19.4 Å². The highest BCUT2D eigenvalue weighted by molar-refractivity contribution is 5.85. The van der Waals surface area contributed by atoms with E-state index in [1.165, 1.54) is 0 Å². The smallest absolute Gasteiger partial charge is 0.326 e. The van der Waals surface area contributed by atoms with E-state index in [1.807, 2.05) is 13.8 Å². The van der Waals surface area contributed by atoms with Crippen molar-refractivity contribution in [2.75, 3.05) is 13.2 Å². The van der Waals surface area contributed by atoms with Gasteiger partial charge in [0, 0.05) is 6.61 Å². The second-order valence-corrected chi connectivity index (χ2v) is 4.27. The fraction of sp³-hybridized carbons (Fsp3) is 0.818. The summed E-state index contributed by atoms with van der Waals surface area (Å²) in [4.78, 5) is 22.7. The highest BCUT2D eigenvalue weighted by Crippen LogP contribution is 2.14.